The van der Waals surface area contributed by atoms with E-state index in [0.717, 1.165) is 16.7 Å². The van der Waals surface area contributed by atoms with Crippen LogP contribution in [0.4, 0.5) is 11.6 Å². The van der Waals surface area contributed by atoms with Gasteiger partial charge in [-0.1, -0.05) is 12.1 Å². The molecule has 3 aromatic rings. The van der Waals surface area contributed by atoms with E-state index in [4.69, 9.17) is 4.74 Å². The number of nitrogens with zero attached hydrogens (tertiary/aromatic N) is 2. The van der Waals surface area contributed by atoms with Gasteiger partial charge in [0, 0.05) is 31.6 Å². The number of benzene rings is 2. The van der Waals surface area contributed by atoms with Crippen LogP contribution in [-0.4, -0.2) is 47.9 Å². The van der Waals surface area contributed by atoms with Gasteiger partial charge in [-0.25, -0.2) is 4.98 Å². The van der Waals surface area contributed by atoms with E-state index in [1.54, 1.807) is 36.3 Å². The Bertz CT molecular complexity index is 1080. The predicted octanol–water partition coefficient (Wildman–Crippen LogP) is 2.07. The second-order valence-corrected chi connectivity index (χ2v) is 7.30. The molecule has 0 saturated carbocycles. The number of H-pyrrole nitrogens is 1. The number of ether oxygens (including phenoxy) is 1. The van der Waals surface area contributed by atoms with Gasteiger partial charge in [0.05, 0.1) is 24.1 Å². The maximum atomic E-state index is 12.5. The van der Waals surface area contributed by atoms with Gasteiger partial charge in [0.25, 0.3) is 0 Å². The zero-order valence-corrected chi connectivity index (χ0v) is 17.1. The van der Waals surface area contributed by atoms with Crippen LogP contribution < -0.4 is 20.3 Å². The summed E-state index contributed by atoms with van der Waals surface area (Å²) in [4.78, 5) is 45.9. The largest absolute Gasteiger partial charge is 0.497 e. The maximum absolute atomic E-state index is 12.5. The number of aromatic amines is 1. The lowest BCUT2D eigenvalue weighted by atomic mass is 10.1. The zero-order valence-electron chi connectivity index (χ0n) is 17.1. The van der Waals surface area contributed by atoms with Crippen molar-refractivity contribution in [2.45, 2.75) is 12.8 Å². The standard InChI is InChI=1S/C22H23N5O4/c1-31-16-8-6-15(7-9-16)27-13-14(12-20(27)29)21(30)23-11-10-19(28)26-22-24-17-4-2-3-5-18(17)25-22/h2-9,14H,10-13H2,1H3,(H,23,30)(H2,24,25,26,28)/t14-/m1/s1. The van der Waals surface area contributed by atoms with Crippen molar-refractivity contribution in [2.24, 2.45) is 5.92 Å². The highest BCUT2D eigenvalue weighted by atomic mass is 16.5. The van der Waals surface area contributed by atoms with Gasteiger partial charge in [0.15, 0.2) is 0 Å². The number of aromatic nitrogens is 2. The number of nitrogens with one attached hydrogen (secondary N) is 3. The number of anilines is 2. The van der Waals surface area contributed by atoms with Crippen LogP contribution in [0.5, 0.6) is 5.75 Å². The van der Waals surface area contributed by atoms with Gasteiger partial charge in [-0.3, -0.25) is 19.7 Å². The van der Waals surface area contributed by atoms with Crippen LogP contribution in [0.3, 0.4) is 0 Å². The molecule has 1 aliphatic heterocycles. The highest BCUT2D eigenvalue weighted by molar-refractivity contribution is 6.00. The summed E-state index contributed by atoms with van der Waals surface area (Å²) in [6, 6.07) is 14.6. The number of carbonyl (C=O) groups is 3. The van der Waals surface area contributed by atoms with Gasteiger partial charge < -0.3 is 19.9 Å². The summed E-state index contributed by atoms with van der Waals surface area (Å²) in [5.74, 6) is 0.0169. The third-order valence-corrected chi connectivity index (χ3v) is 5.18. The molecule has 9 heteroatoms. The van der Waals surface area contributed by atoms with Crippen LogP contribution in [0.15, 0.2) is 48.5 Å². The van der Waals surface area contributed by atoms with Crippen molar-refractivity contribution in [2.75, 3.05) is 30.4 Å². The van der Waals surface area contributed by atoms with E-state index in [9.17, 15) is 14.4 Å². The second-order valence-electron chi connectivity index (χ2n) is 7.30. The zero-order chi connectivity index (χ0) is 21.8. The molecule has 4 rings (SSSR count). The van der Waals surface area contributed by atoms with Crippen LogP contribution in [0.1, 0.15) is 12.8 Å². The number of carbonyl (C=O) groups excluding carboxylic acids is 3. The molecule has 2 heterocycles. The van der Waals surface area contributed by atoms with E-state index in [2.05, 4.69) is 20.6 Å². The van der Waals surface area contributed by atoms with Crippen molar-refractivity contribution in [1.82, 2.24) is 15.3 Å². The molecular weight excluding hydrogens is 398 g/mol. The highest BCUT2D eigenvalue weighted by Crippen LogP contribution is 2.26. The monoisotopic (exact) mass is 421 g/mol. The van der Waals surface area contributed by atoms with Crippen molar-refractivity contribution >= 4 is 40.4 Å². The fourth-order valence-electron chi connectivity index (χ4n) is 3.55. The highest BCUT2D eigenvalue weighted by Gasteiger charge is 2.35. The molecule has 160 valence electrons. The predicted molar refractivity (Wildman–Crippen MR) is 116 cm³/mol. The number of fused-ring (bicyclic) bond motifs is 1. The molecule has 1 saturated heterocycles. The smallest absolute Gasteiger partial charge is 0.228 e. The SMILES string of the molecule is COc1ccc(N2C[C@H](C(=O)NCCC(=O)Nc3nc4ccccc4[nH]3)CC2=O)cc1. The van der Waals surface area contributed by atoms with Gasteiger partial charge in [-0.05, 0) is 36.4 Å². The van der Waals surface area contributed by atoms with Crippen molar-refractivity contribution < 1.29 is 19.1 Å². The summed E-state index contributed by atoms with van der Waals surface area (Å²) >= 11 is 0. The number of amides is 3. The van der Waals surface area contributed by atoms with Crippen LogP contribution in [-0.2, 0) is 14.4 Å². The summed E-state index contributed by atoms with van der Waals surface area (Å²) in [6.45, 7) is 0.486. The van der Waals surface area contributed by atoms with E-state index < -0.39 is 5.92 Å². The molecule has 9 nitrogen and oxygen atoms in total. The molecule has 0 spiro atoms. The van der Waals surface area contributed by atoms with Crippen molar-refractivity contribution in [3.05, 3.63) is 48.5 Å². The van der Waals surface area contributed by atoms with E-state index >= 15 is 0 Å². The number of imidazole rings is 1. The molecule has 2 aromatic carbocycles. The van der Waals surface area contributed by atoms with Gasteiger partial charge in [0.2, 0.25) is 23.7 Å². The molecule has 3 amide bonds. The van der Waals surface area contributed by atoms with Crippen LogP contribution >= 0.6 is 0 Å². The van der Waals surface area contributed by atoms with Crippen LogP contribution in [0.2, 0.25) is 0 Å². The first-order valence-electron chi connectivity index (χ1n) is 10.00. The lowest BCUT2D eigenvalue weighted by molar-refractivity contribution is -0.126. The topological polar surface area (TPSA) is 116 Å². The Morgan fingerprint density at radius 2 is 1.97 bits per heavy atom. The summed E-state index contributed by atoms with van der Waals surface area (Å²) < 4.78 is 5.13. The Morgan fingerprint density at radius 1 is 1.19 bits per heavy atom. The Hall–Kier alpha value is -3.88. The first-order chi connectivity index (χ1) is 15.0. The van der Waals surface area contributed by atoms with Crippen molar-refractivity contribution in [1.29, 1.82) is 0 Å². The van der Waals surface area contributed by atoms with Gasteiger partial charge >= 0.3 is 0 Å². The fourth-order valence-corrected chi connectivity index (χ4v) is 3.55. The number of hydrogen-bond donors (Lipinski definition) is 3. The normalized spacial score (nSPS) is 15.8. The first-order valence-corrected chi connectivity index (χ1v) is 10.00. The molecule has 1 atom stereocenters. The van der Waals surface area contributed by atoms with Crippen molar-refractivity contribution in [3.8, 4) is 5.75 Å². The molecular formula is C22H23N5O4. The molecule has 1 aromatic heterocycles. The molecule has 31 heavy (non-hydrogen) atoms. The summed E-state index contributed by atoms with van der Waals surface area (Å²) in [7, 11) is 1.58. The summed E-state index contributed by atoms with van der Waals surface area (Å²) in [6.07, 6.45) is 0.245. The average molecular weight is 421 g/mol. The van der Waals surface area contributed by atoms with Gasteiger partial charge in [0.1, 0.15) is 5.75 Å². The Labute approximate surface area is 178 Å². The molecule has 0 bridgehead atoms. The van der Waals surface area contributed by atoms with Gasteiger partial charge in [-0.2, -0.15) is 0 Å². The van der Waals surface area contributed by atoms with Crippen LogP contribution in [0.25, 0.3) is 11.0 Å². The average Bonchev–Trinajstić information content (AvgIpc) is 3.36. The van der Waals surface area contributed by atoms with E-state index in [0.29, 0.717) is 18.2 Å². The first kappa shape index (κ1) is 20.4. The van der Waals surface area contributed by atoms with E-state index in [1.807, 2.05) is 24.3 Å². The maximum Gasteiger partial charge on any atom is 0.228 e. The quantitative estimate of drug-likeness (QED) is 0.540. The fraction of sp³-hybridized carbons (Fsp3) is 0.273. The summed E-state index contributed by atoms with van der Waals surface area (Å²) in [5, 5.41) is 5.44. The van der Waals surface area contributed by atoms with Crippen molar-refractivity contribution in [3.63, 3.8) is 0 Å². The number of rotatable bonds is 7. The molecule has 3 N–H and O–H groups in total. The van der Waals surface area contributed by atoms with E-state index in [1.165, 1.54) is 0 Å². The minimum atomic E-state index is -0.451. The van der Waals surface area contributed by atoms with E-state index in [-0.39, 0.29) is 37.1 Å². The molecule has 1 aliphatic rings. The molecule has 0 aliphatic carbocycles. The second kappa shape index (κ2) is 8.86. The van der Waals surface area contributed by atoms with Gasteiger partial charge in [-0.15, -0.1) is 0 Å². The third kappa shape index (κ3) is 4.66. The minimum Gasteiger partial charge on any atom is -0.497 e. The third-order valence-electron chi connectivity index (χ3n) is 5.18. The Kier molecular flexibility index (Phi) is 5.83. The molecule has 0 radical (unpaired) electrons. The lowest BCUT2D eigenvalue weighted by Gasteiger charge is -2.17. The Morgan fingerprint density at radius 3 is 2.71 bits per heavy atom. The molecule has 1 fully saturated rings. The summed E-state index contributed by atoms with van der Waals surface area (Å²) in [5.41, 5.74) is 2.32. The number of hydrogen-bond acceptors (Lipinski definition) is 5. The Balaban J connectivity index is 1.24. The number of para-hydroxylation sites is 2. The minimum absolute atomic E-state index is 0.103. The number of methoxy groups -OCH3 is 1. The lowest BCUT2D eigenvalue weighted by Crippen LogP contribution is -2.34. The molecule has 0 unspecified atom stereocenters. The van der Waals surface area contributed by atoms with Crippen LogP contribution in [0, 0.1) is 5.92 Å².